The van der Waals surface area contributed by atoms with E-state index in [4.69, 9.17) is 9.47 Å². The van der Waals surface area contributed by atoms with E-state index in [9.17, 15) is 18.0 Å². The van der Waals surface area contributed by atoms with Gasteiger partial charge in [-0.05, 0) is 43.0 Å². The number of aryl methyl sites for hydroxylation is 1. The summed E-state index contributed by atoms with van der Waals surface area (Å²) in [7, 11) is -1.35. The van der Waals surface area contributed by atoms with E-state index in [1.54, 1.807) is 49.6 Å². The average molecular weight is 463 g/mol. The molecular weight excluding hydrogens is 440 g/mol. The van der Waals surface area contributed by atoms with E-state index >= 15 is 0 Å². The van der Waals surface area contributed by atoms with Gasteiger partial charge in [0.2, 0.25) is 0 Å². The first-order valence-corrected chi connectivity index (χ1v) is 11.5. The summed E-state index contributed by atoms with van der Waals surface area (Å²) in [5.74, 6) is -0.759. The first kappa shape index (κ1) is 22.6. The molecule has 3 rings (SSSR count). The second kappa shape index (κ2) is 8.94. The number of anilines is 1. The number of ether oxygens (including phenoxy) is 2. The van der Waals surface area contributed by atoms with Crippen molar-refractivity contribution < 1.29 is 27.5 Å². The van der Waals surface area contributed by atoms with Crippen LogP contribution in [0.4, 0.5) is 5.69 Å². The molecule has 2 aromatic heterocycles. The second-order valence-electron chi connectivity index (χ2n) is 6.66. The Balaban J connectivity index is 2.08. The summed E-state index contributed by atoms with van der Waals surface area (Å²) in [4.78, 5) is 28.2. The Morgan fingerprint density at radius 2 is 1.81 bits per heavy atom. The number of hydrogen-bond acceptors (Lipinski definition) is 7. The molecule has 0 unspecified atom stereocenters. The lowest BCUT2D eigenvalue weighted by molar-refractivity contribution is 0.0599. The fourth-order valence-corrected chi connectivity index (χ4v) is 5.84. The van der Waals surface area contributed by atoms with Gasteiger partial charge in [0, 0.05) is 5.69 Å². The number of aromatic nitrogens is 1. The molecule has 0 fully saturated rings. The average Bonchev–Trinajstić information content (AvgIpc) is 3.40. The van der Waals surface area contributed by atoms with Gasteiger partial charge in [-0.1, -0.05) is 18.2 Å². The van der Waals surface area contributed by atoms with Crippen LogP contribution in [0.25, 0.3) is 0 Å². The van der Waals surface area contributed by atoms with Crippen LogP contribution < -0.4 is 9.04 Å². The zero-order valence-electron chi connectivity index (χ0n) is 17.5. The summed E-state index contributed by atoms with van der Waals surface area (Å²) >= 11 is 1.06. The van der Waals surface area contributed by atoms with Gasteiger partial charge in [0.25, 0.3) is 10.0 Å². The van der Waals surface area contributed by atoms with Crippen LogP contribution in [0.3, 0.4) is 0 Å². The number of sulfonamides is 1. The van der Waals surface area contributed by atoms with Crippen LogP contribution in [-0.2, 0) is 14.8 Å². The summed E-state index contributed by atoms with van der Waals surface area (Å²) in [6.07, 6.45) is 0. The Morgan fingerprint density at radius 3 is 2.42 bits per heavy atom. The van der Waals surface area contributed by atoms with E-state index in [1.807, 2.05) is 0 Å². The minimum atomic E-state index is -4.04. The Hall–Kier alpha value is -3.11. The normalized spacial score (nSPS) is 11.2. The van der Waals surface area contributed by atoms with Crippen LogP contribution in [-0.4, -0.2) is 45.9 Å². The number of carbonyl (C=O) groups is 2. The highest BCUT2D eigenvalue weighted by Crippen LogP contribution is 2.34. The lowest BCUT2D eigenvalue weighted by atomic mass is 10.1. The van der Waals surface area contributed by atoms with Crippen molar-refractivity contribution in [2.45, 2.75) is 18.1 Å². The molecule has 0 atom stereocenters. The number of thiophene rings is 1. The summed E-state index contributed by atoms with van der Waals surface area (Å²) in [6, 6.07) is 9.67. The maximum atomic E-state index is 13.4. The Bertz CT molecular complexity index is 1210. The Kier molecular flexibility index (Phi) is 6.51. The maximum absolute atomic E-state index is 13.4. The molecule has 0 bridgehead atoms. The summed E-state index contributed by atoms with van der Waals surface area (Å²) in [5.41, 5.74) is 1.52. The van der Waals surface area contributed by atoms with Crippen LogP contribution >= 0.6 is 11.3 Å². The molecule has 31 heavy (non-hydrogen) atoms. The van der Waals surface area contributed by atoms with Crippen molar-refractivity contribution in [3.63, 3.8) is 0 Å². The molecule has 0 saturated carbocycles. The quantitative estimate of drug-likeness (QED) is 0.405. The molecule has 8 nitrogen and oxygen atoms in total. The van der Waals surface area contributed by atoms with Gasteiger partial charge < -0.3 is 14.5 Å². The SMILES string of the molecule is COC(=O)c1c(C)[nH]c(C(=O)CN(c2ccccc2OC)S(=O)(=O)c2cccs2)c1C. The molecule has 1 N–H and O–H groups in total. The standard InChI is InChI=1S/C21H22N2O6S2/c1-13-19(21(25)29-4)14(2)22-20(13)16(24)12-23(15-8-5-6-9-17(15)28-3)31(26,27)18-10-7-11-30-18/h5-11,22H,12H2,1-4H3. The molecule has 0 aliphatic heterocycles. The largest absolute Gasteiger partial charge is 0.495 e. The summed E-state index contributed by atoms with van der Waals surface area (Å²) in [6.45, 7) is 2.78. The number of benzene rings is 1. The number of esters is 1. The maximum Gasteiger partial charge on any atom is 0.339 e. The van der Waals surface area contributed by atoms with Gasteiger partial charge in [-0.25, -0.2) is 13.2 Å². The highest BCUT2D eigenvalue weighted by Gasteiger charge is 2.32. The van der Waals surface area contributed by atoms with Gasteiger partial charge in [0.05, 0.1) is 37.7 Å². The summed E-state index contributed by atoms with van der Waals surface area (Å²) < 4.78 is 38.0. The van der Waals surface area contributed by atoms with Gasteiger partial charge in [0.15, 0.2) is 5.78 Å². The lowest BCUT2D eigenvalue weighted by Crippen LogP contribution is -2.36. The van der Waals surface area contributed by atoms with Gasteiger partial charge in [-0.15, -0.1) is 11.3 Å². The van der Waals surface area contributed by atoms with E-state index in [-0.39, 0.29) is 21.2 Å². The molecule has 0 radical (unpaired) electrons. The van der Waals surface area contributed by atoms with Crippen LogP contribution in [0.2, 0.25) is 0 Å². The first-order valence-electron chi connectivity index (χ1n) is 9.22. The zero-order valence-corrected chi connectivity index (χ0v) is 19.1. The minimum Gasteiger partial charge on any atom is -0.495 e. The third kappa shape index (κ3) is 4.21. The number of aromatic amines is 1. The molecule has 10 heteroatoms. The third-order valence-corrected chi connectivity index (χ3v) is 7.92. The van der Waals surface area contributed by atoms with Crippen molar-refractivity contribution in [3.05, 3.63) is 64.3 Å². The van der Waals surface area contributed by atoms with Gasteiger partial charge in [-0.2, -0.15) is 0 Å². The molecule has 0 saturated heterocycles. The molecule has 164 valence electrons. The fourth-order valence-electron chi connectivity index (χ4n) is 3.30. The van der Waals surface area contributed by atoms with Crippen LogP contribution in [0.5, 0.6) is 5.75 Å². The topological polar surface area (TPSA) is 106 Å². The number of nitrogens with one attached hydrogen (secondary N) is 1. The number of carbonyl (C=O) groups excluding carboxylic acids is 2. The first-order chi connectivity index (χ1) is 14.7. The summed E-state index contributed by atoms with van der Waals surface area (Å²) in [5, 5.41) is 1.65. The smallest absolute Gasteiger partial charge is 0.339 e. The number of nitrogens with zero attached hydrogens (tertiary/aromatic N) is 1. The van der Waals surface area contributed by atoms with Crippen LogP contribution in [0.15, 0.2) is 46.0 Å². The number of rotatable bonds is 8. The van der Waals surface area contributed by atoms with Crippen LogP contribution in [0, 0.1) is 13.8 Å². The van der Waals surface area contributed by atoms with Crippen molar-refractivity contribution in [2.75, 3.05) is 25.1 Å². The number of hydrogen-bond donors (Lipinski definition) is 1. The molecule has 2 heterocycles. The number of Topliss-reactive ketones (excluding diaryl/α,β-unsaturated/α-hetero) is 1. The lowest BCUT2D eigenvalue weighted by Gasteiger charge is -2.24. The van der Waals surface area contributed by atoms with Gasteiger partial charge in [0.1, 0.15) is 9.96 Å². The molecule has 3 aromatic rings. The molecular formula is C21H22N2O6S2. The molecule has 1 aromatic carbocycles. The van der Waals surface area contributed by atoms with E-state index in [1.165, 1.54) is 20.3 Å². The second-order valence-corrected chi connectivity index (χ2v) is 9.69. The van der Waals surface area contributed by atoms with Crippen LogP contribution in [0.1, 0.15) is 32.1 Å². The predicted molar refractivity (Wildman–Crippen MR) is 118 cm³/mol. The third-order valence-electron chi connectivity index (χ3n) is 4.79. The van der Waals surface area contributed by atoms with Crippen molar-refractivity contribution in [1.82, 2.24) is 4.98 Å². The zero-order chi connectivity index (χ0) is 22.8. The molecule has 0 spiro atoms. The monoisotopic (exact) mass is 462 g/mol. The fraction of sp³-hybridized carbons (Fsp3) is 0.238. The van der Waals surface area contributed by atoms with Crippen molar-refractivity contribution in [1.29, 1.82) is 0 Å². The molecule has 0 aliphatic rings. The number of ketones is 1. The van der Waals surface area contributed by atoms with Crippen molar-refractivity contribution in [3.8, 4) is 5.75 Å². The Morgan fingerprint density at radius 1 is 1.10 bits per heavy atom. The number of H-pyrrole nitrogens is 1. The minimum absolute atomic E-state index is 0.0980. The molecule has 0 aliphatic carbocycles. The van der Waals surface area contributed by atoms with Gasteiger partial charge >= 0.3 is 5.97 Å². The Labute approximate surface area is 184 Å². The number of para-hydroxylation sites is 2. The highest BCUT2D eigenvalue weighted by atomic mass is 32.2. The van der Waals surface area contributed by atoms with E-state index in [0.717, 1.165) is 15.6 Å². The van der Waals surface area contributed by atoms with Gasteiger partial charge in [-0.3, -0.25) is 9.10 Å². The molecule has 0 amide bonds. The van der Waals surface area contributed by atoms with E-state index in [0.29, 0.717) is 17.0 Å². The van der Waals surface area contributed by atoms with E-state index < -0.39 is 28.3 Å². The van der Waals surface area contributed by atoms with E-state index in [2.05, 4.69) is 4.98 Å². The highest BCUT2D eigenvalue weighted by molar-refractivity contribution is 7.94. The predicted octanol–water partition coefficient (Wildman–Crippen LogP) is 3.57. The van der Waals surface area contributed by atoms with Crippen molar-refractivity contribution in [2.24, 2.45) is 0 Å². The number of methoxy groups -OCH3 is 2. The van der Waals surface area contributed by atoms with Crippen molar-refractivity contribution >= 4 is 38.8 Å².